The van der Waals surface area contributed by atoms with E-state index in [4.69, 9.17) is 23.7 Å². The SMILES string of the molecule is COc1cc(OC)c(CNC(=O)c2ccc(C(=O)O)o2)c(OC)c1. The highest BCUT2D eigenvalue weighted by atomic mass is 16.5. The molecule has 0 atom stereocenters. The van der Waals surface area contributed by atoms with Crippen LogP contribution in [-0.4, -0.2) is 38.3 Å². The first-order valence-electron chi connectivity index (χ1n) is 6.90. The fourth-order valence-corrected chi connectivity index (χ4v) is 2.08. The van der Waals surface area contributed by atoms with E-state index in [-0.39, 0.29) is 18.1 Å². The summed E-state index contributed by atoms with van der Waals surface area (Å²) in [5.41, 5.74) is 0.610. The number of ether oxygens (including phenoxy) is 3. The lowest BCUT2D eigenvalue weighted by Crippen LogP contribution is -2.23. The van der Waals surface area contributed by atoms with Crippen molar-refractivity contribution >= 4 is 11.9 Å². The largest absolute Gasteiger partial charge is 0.496 e. The Morgan fingerprint density at radius 2 is 1.62 bits per heavy atom. The number of hydrogen-bond acceptors (Lipinski definition) is 6. The number of furan rings is 1. The summed E-state index contributed by atoms with van der Waals surface area (Å²) in [4.78, 5) is 22.8. The summed E-state index contributed by atoms with van der Waals surface area (Å²) in [6.45, 7) is 0.0955. The Bertz CT molecular complexity index is 726. The van der Waals surface area contributed by atoms with Crippen LogP contribution >= 0.6 is 0 Å². The Labute approximate surface area is 137 Å². The van der Waals surface area contributed by atoms with Gasteiger partial charge in [0, 0.05) is 12.1 Å². The lowest BCUT2D eigenvalue weighted by atomic mass is 10.1. The number of methoxy groups -OCH3 is 3. The highest BCUT2D eigenvalue weighted by molar-refractivity contribution is 5.93. The summed E-state index contributed by atoms with van der Waals surface area (Å²) in [6.07, 6.45) is 0. The molecular formula is C16H17NO7. The molecule has 0 fully saturated rings. The fourth-order valence-electron chi connectivity index (χ4n) is 2.08. The smallest absolute Gasteiger partial charge is 0.371 e. The standard InChI is InChI=1S/C16H17NO7/c1-21-9-6-13(22-2)10(14(7-9)23-3)8-17-15(18)11-4-5-12(24-11)16(19)20/h4-7H,8H2,1-3H3,(H,17,18)(H,19,20). The Morgan fingerprint density at radius 1 is 1.04 bits per heavy atom. The lowest BCUT2D eigenvalue weighted by Gasteiger charge is -2.15. The highest BCUT2D eigenvalue weighted by Gasteiger charge is 2.17. The maximum atomic E-state index is 12.1. The van der Waals surface area contributed by atoms with E-state index in [0.29, 0.717) is 22.8 Å². The molecule has 1 heterocycles. The minimum absolute atomic E-state index is 0.0955. The van der Waals surface area contributed by atoms with Gasteiger partial charge in [-0.05, 0) is 12.1 Å². The van der Waals surface area contributed by atoms with Crippen molar-refractivity contribution < 1.29 is 33.3 Å². The van der Waals surface area contributed by atoms with Crippen LogP contribution in [0.15, 0.2) is 28.7 Å². The van der Waals surface area contributed by atoms with E-state index in [1.807, 2.05) is 0 Å². The quantitative estimate of drug-likeness (QED) is 0.796. The Morgan fingerprint density at radius 3 is 2.08 bits per heavy atom. The third-order valence-corrected chi connectivity index (χ3v) is 3.28. The number of rotatable bonds is 7. The predicted octanol–water partition coefficient (Wildman–Crippen LogP) is 1.93. The zero-order valence-electron chi connectivity index (χ0n) is 13.4. The molecule has 1 aromatic carbocycles. The zero-order valence-corrected chi connectivity index (χ0v) is 13.4. The van der Waals surface area contributed by atoms with Gasteiger partial charge in [-0.25, -0.2) is 4.79 Å². The van der Waals surface area contributed by atoms with Crippen LogP contribution < -0.4 is 19.5 Å². The number of nitrogens with one attached hydrogen (secondary N) is 1. The van der Waals surface area contributed by atoms with Gasteiger partial charge in [0.15, 0.2) is 5.76 Å². The Kier molecular flexibility index (Phi) is 5.31. The van der Waals surface area contributed by atoms with Crippen molar-refractivity contribution in [2.75, 3.05) is 21.3 Å². The van der Waals surface area contributed by atoms with Crippen LogP contribution in [0.1, 0.15) is 26.7 Å². The van der Waals surface area contributed by atoms with Gasteiger partial charge in [-0.1, -0.05) is 0 Å². The van der Waals surface area contributed by atoms with Gasteiger partial charge in [0.05, 0.1) is 33.4 Å². The molecule has 0 spiro atoms. The molecule has 2 rings (SSSR count). The molecule has 0 saturated heterocycles. The van der Waals surface area contributed by atoms with Crippen LogP contribution in [0.2, 0.25) is 0 Å². The van der Waals surface area contributed by atoms with Crippen molar-refractivity contribution in [3.63, 3.8) is 0 Å². The van der Waals surface area contributed by atoms with Crippen molar-refractivity contribution in [1.29, 1.82) is 0 Å². The Hall–Kier alpha value is -3.16. The maximum Gasteiger partial charge on any atom is 0.371 e. The average Bonchev–Trinajstić information content (AvgIpc) is 3.09. The zero-order chi connectivity index (χ0) is 17.7. The van der Waals surface area contributed by atoms with E-state index in [2.05, 4.69) is 5.32 Å². The van der Waals surface area contributed by atoms with Crippen molar-refractivity contribution in [3.05, 3.63) is 41.3 Å². The molecule has 2 aromatic rings. The minimum Gasteiger partial charge on any atom is -0.496 e. The number of carboxylic acid groups (broad SMARTS) is 1. The molecule has 8 heteroatoms. The van der Waals surface area contributed by atoms with Gasteiger partial charge in [-0.15, -0.1) is 0 Å². The second-order valence-corrected chi connectivity index (χ2v) is 4.66. The summed E-state index contributed by atoms with van der Waals surface area (Å²) >= 11 is 0. The Balaban J connectivity index is 2.18. The molecule has 0 aliphatic carbocycles. The monoisotopic (exact) mass is 335 g/mol. The molecule has 2 N–H and O–H groups in total. The summed E-state index contributed by atoms with van der Waals surface area (Å²) < 4.78 is 20.7. The van der Waals surface area contributed by atoms with Crippen molar-refractivity contribution in [1.82, 2.24) is 5.32 Å². The van der Waals surface area contributed by atoms with Gasteiger partial charge in [0.2, 0.25) is 5.76 Å². The van der Waals surface area contributed by atoms with E-state index in [0.717, 1.165) is 0 Å². The molecular weight excluding hydrogens is 318 g/mol. The van der Waals surface area contributed by atoms with Crippen LogP contribution in [-0.2, 0) is 6.54 Å². The van der Waals surface area contributed by atoms with Crippen LogP contribution in [0.3, 0.4) is 0 Å². The predicted molar refractivity (Wildman–Crippen MR) is 82.9 cm³/mol. The number of carbonyl (C=O) groups excluding carboxylic acids is 1. The van der Waals surface area contributed by atoms with Crippen molar-refractivity contribution in [2.45, 2.75) is 6.54 Å². The van der Waals surface area contributed by atoms with Gasteiger partial charge in [0.1, 0.15) is 17.2 Å². The molecule has 0 aliphatic rings. The number of carboxylic acids is 1. The van der Waals surface area contributed by atoms with Gasteiger partial charge in [0.25, 0.3) is 5.91 Å². The van der Waals surface area contributed by atoms with E-state index in [1.54, 1.807) is 12.1 Å². The molecule has 8 nitrogen and oxygen atoms in total. The first-order valence-corrected chi connectivity index (χ1v) is 6.90. The van der Waals surface area contributed by atoms with E-state index in [1.165, 1.54) is 33.5 Å². The average molecular weight is 335 g/mol. The van der Waals surface area contributed by atoms with Crippen LogP contribution in [0, 0.1) is 0 Å². The van der Waals surface area contributed by atoms with Crippen LogP contribution in [0.25, 0.3) is 0 Å². The van der Waals surface area contributed by atoms with Gasteiger partial charge in [-0.3, -0.25) is 4.79 Å². The molecule has 0 radical (unpaired) electrons. The number of amides is 1. The normalized spacial score (nSPS) is 10.1. The molecule has 1 amide bonds. The second kappa shape index (κ2) is 7.40. The minimum atomic E-state index is -1.24. The summed E-state index contributed by atoms with van der Waals surface area (Å²) in [5.74, 6) is -0.682. The van der Waals surface area contributed by atoms with Crippen molar-refractivity contribution in [3.8, 4) is 17.2 Å². The first kappa shape index (κ1) is 17.2. The molecule has 0 aliphatic heterocycles. The van der Waals surface area contributed by atoms with Gasteiger partial charge in [-0.2, -0.15) is 0 Å². The number of carbonyl (C=O) groups is 2. The summed E-state index contributed by atoms with van der Waals surface area (Å²) in [7, 11) is 4.50. The molecule has 0 saturated carbocycles. The van der Waals surface area contributed by atoms with E-state index >= 15 is 0 Å². The molecule has 0 unspecified atom stereocenters. The third kappa shape index (κ3) is 3.60. The topological polar surface area (TPSA) is 107 Å². The lowest BCUT2D eigenvalue weighted by molar-refractivity contribution is 0.0659. The molecule has 1 aromatic heterocycles. The van der Waals surface area contributed by atoms with Crippen molar-refractivity contribution in [2.24, 2.45) is 0 Å². The van der Waals surface area contributed by atoms with Crippen LogP contribution in [0.5, 0.6) is 17.2 Å². The van der Waals surface area contributed by atoms with Gasteiger partial charge >= 0.3 is 5.97 Å². The number of benzene rings is 1. The molecule has 24 heavy (non-hydrogen) atoms. The van der Waals surface area contributed by atoms with E-state index in [9.17, 15) is 9.59 Å². The third-order valence-electron chi connectivity index (χ3n) is 3.28. The number of aromatic carboxylic acids is 1. The number of hydrogen-bond donors (Lipinski definition) is 2. The second-order valence-electron chi connectivity index (χ2n) is 4.66. The van der Waals surface area contributed by atoms with Crippen LogP contribution in [0.4, 0.5) is 0 Å². The molecule has 128 valence electrons. The maximum absolute atomic E-state index is 12.1. The summed E-state index contributed by atoms with van der Waals surface area (Å²) in [5, 5.41) is 11.4. The van der Waals surface area contributed by atoms with E-state index < -0.39 is 11.9 Å². The first-order chi connectivity index (χ1) is 11.5. The highest BCUT2D eigenvalue weighted by Crippen LogP contribution is 2.33. The molecule has 0 bridgehead atoms. The fraction of sp³-hybridized carbons (Fsp3) is 0.250. The summed E-state index contributed by atoms with van der Waals surface area (Å²) in [6, 6.07) is 5.84. The van der Waals surface area contributed by atoms with Gasteiger partial charge < -0.3 is 29.1 Å².